The molecule has 0 unspecified atom stereocenters. The predicted octanol–water partition coefficient (Wildman–Crippen LogP) is 1.04. The zero-order valence-electron chi connectivity index (χ0n) is 10.9. The van der Waals surface area contributed by atoms with Gasteiger partial charge >= 0.3 is 0 Å². The molecular weight excluding hydrogens is 218 g/mol. The molecule has 5 nitrogen and oxygen atoms in total. The van der Waals surface area contributed by atoms with Gasteiger partial charge in [-0.15, -0.1) is 0 Å². The third-order valence-corrected chi connectivity index (χ3v) is 4.14. The van der Waals surface area contributed by atoms with Crippen molar-refractivity contribution in [3.63, 3.8) is 0 Å². The van der Waals surface area contributed by atoms with Gasteiger partial charge in [-0.25, -0.2) is 0 Å². The Labute approximate surface area is 103 Å². The lowest BCUT2D eigenvalue weighted by Gasteiger charge is -2.33. The fourth-order valence-corrected chi connectivity index (χ4v) is 2.17. The molecule has 0 aromatic rings. The number of nitrogens with zero attached hydrogens (tertiary/aromatic N) is 1. The van der Waals surface area contributed by atoms with E-state index in [9.17, 15) is 5.11 Å². The Bertz CT molecular complexity index is 263. The molecule has 5 heteroatoms. The first-order valence-electron chi connectivity index (χ1n) is 6.37. The van der Waals surface area contributed by atoms with Crippen molar-refractivity contribution in [3.05, 3.63) is 0 Å². The highest BCUT2D eigenvalue weighted by molar-refractivity contribution is 5.80. The molecule has 0 atom stereocenters. The van der Waals surface area contributed by atoms with Crippen LogP contribution in [0.15, 0.2) is 5.16 Å². The SMILES string of the molecule is CCC(CC)(CO)NCC1(CC(N)=NO)CC1. The van der Waals surface area contributed by atoms with Crippen molar-refractivity contribution >= 4 is 5.84 Å². The zero-order chi connectivity index (χ0) is 12.9. The summed E-state index contributed by atoms with van der Waals surface area (Å²) in [5.41, 5.74) is 5.52. The smallest absolute Gasteiger partial charge is 0.139 e. The highest BCUT2D eigenvalue weighted by atomic mass is 16.4. The number of hydrogen-bond acceptors (Lipinski definition) is 4. The Kier molecular flexibility index (Phi) is 4.77. The van der Waals surface area contributed by atoms with E-state index in [1.807, 2.05) is 0 Å². The lowest BCUT2D eigenvalue weighted by Crippen LogP contribution is -2.50. The van der Waals surface area contributed by atoms with Gasteiger partial charge in [0.1, 0.15) is 5.84 Å². The standard InChI is InChI=1S/C12H25N3O2/c1-3-12(4-2,9-16)14-8-11(5-6-11)7-10(13)15-17/h14,16-17H,3-9H2,1-2H3,(H2,13,15). The van der Waals surface area contributed by atoms with Gasteiger partial charge in [0, 0.05) is 18.5 Å². The number of amidine groups is 1. The van der Waals surface area contributed by atoms with Gasteiger partial charge in [-0.3, -0.25) is 0 Å². The maximum atomic E-state index is 9.47. The van der Waals surface area contributed by atoms with E-state index < -0.39 is 0 Å². The molecule has 0 heterocycles. The third-order valence-electron chi connectivity index (χ3n) is 4.14. The van der Waals surface area contributed by atoms with Crippen LogP contribution in [0.25, 0.3) is 0 Å². The maximum Gasteiger partial charge on any atom is 0.139 e. The van der Waals surface area contributed by atoms with Crippen LogP contribution in [0.5, 0.6) is 0 Å². The quantitative estimate of drug-likeness (QED) is 0.222. The minimum absolute atomic E-state index is 0.140. The van der Waals surface area contributed by atoms with Gasteiger partial charge in [0.2, 0.25) is 0 Å². The van der Waals surface area contributed by atoms with Gasteiger partial charge in [0.15, 0.2) is 0 Å². The second kappa shape index (κ2) is 5.69. The summed E-state index contributed by atoms with van der Waals surface area (Å²) >= 11 is 0. The molecule has 100 valence electrons. The summed E-state index contributed by atoms with van der Waals surface area (Å²) in [4.78, 5) is 0. The van der Waals surface area contributed by atoms with Crippen LogP contribution in [0.2, 0.25) is 0 Å². The molecule has 1 saturated carbocycles. The summed E-state index contributed by atoms with van der Waals surface area (Å²) in [7, 11) is 0. The Morgan fingerprint density at radius 2 is 2.00 bits per heavy atom. The molecule has 0 aromatic heterocycles. The monoisotopic (exact) mass is 243 g/mol. The summed E-state index contributed by atoms with van der Waals surface area (Å²) in [5, 5.41) is 24.6. The minimum atomic E-state index is -0.180. The summed E-state index contributed by atoms with van der Waals surface area (Å²) in [6.07, 6.45) is 4.64. The van der Waals surface area contributed by atoms with Crippen LogP contribution in [0.3, 0.4) is 0 Å². The Morgan fingerprint density at radius 1 is 1.41 bits per heavy atom. The van der Waals surface area contributed by atoms with Crippen molar-refractivity contribution in [2.24, 2.45) is 16.3 Å². The molecule has 0 aromatic carbocycles. The van der Waals surface area contributed by atoms with Crippen molar-refractivity contribution in [2.75, 3.05) is 13.2 Å². The largest absolute Gasteiger partial charge is 0.409 e. The van der Waals surface area contributed by atoms with Crippen LogP contribution in [-0.2, 0) is 0 Å². The second-order valence-electron chi connectivity index (χ2n) is 5.27. The molecule has 1 fully saturated rings. The van der Waals surface area contributed by atoms with Gasteiger partial charge in [0.05, 0.1) is 6.61 Å². The van der Waals surface area contributed by atoms with Crippen LogP contribution in [0, 0.1) is 5.41 Å². The van der Waals surface area contributed by atoms with Gasteiger partial charge in [0.25, 0.3) is 0 Å². The number of rotatable bonds is 8. The summed E-state index contributed by atoms with van der Waals surface area (Å²) in [6.45, 7) is 5.14. The van der Waals surface area contributed by atoms with Gasteiger partial charge in [-0.05, 0) is 31.1 Å². The Hall–Kier alpha value is -0.810. The minimum Gasteiger partial charge on any atom is -0.409 e. The Morgan fingerprint density at radius 3 is 2.35 bits per heavy atom. The van der Waals surface area contributed by atoms with Crippen LogP contribution in [0.4, 0.5) is 0 Å². The molecule has 1 rings (SSSR count). The van der Waals surface area contributed by atoms with E-state index >= 15 is 0 Å². The maximum absolute atomic E-state index is 9.47. The van der Waals surface area contributed by atoms with E-state index in [0.717, 1.165) is 32.2 Å². The summed E-state index contributed by atoms with van der Waals surface area (Å²) in [5.74, 6) is 0.298. The number of aliphatic hydroxyl groups excluding tert-OH is 1. The number of nitrogens with two attached hydrogens (primary N) is 1. The molecule has 0 bridgehead atoms. The summed E-state index contributed by atoms with van der Waals surface area (Å²) < 4.78 is 0. The van der Waals surface area contributed by atoms with Crippen molar-refractivity contribution in [1.29, 1.82) is 0 Å². The third kappa shape index (κ3) is 3.57. The molecule has 5 N–H and O–H groups in total. The first-order valence-corrected chi connectivity index (χ1v) is 6.37. The average molecular weight is 243 g/mol. The normalized spacial score (nSPS) is 19.4. The zero-order valence-corrected chi connectivity index (χ0v) is 10.9. The first kappa shape index (κ1) is 14.3. The fourth-order valence-electron chi connectivity index (χ4n) is 2.17. The molecule has 1 aliphatic rings. The van der Waals surface area contributed by atoms with Gasteiger partial charge < -0.3 is 21.4 Å². The van der Waals surface area contributed by atoms with E-state index in [-0.39, 0.29) is 17.6 Å². The van der Waals surface area contributed by atoms with Crippen molar-refractivity contribution in [1.82, 2.24) is 5.32 Å². The lowest BCUT2D eigenvalue weighted by molar-refractivity contribution is 0.144. The molecule has 0 saturated heterocycles. The molecule has 1 aliphatic carbocycles. The lowest BCUT2D eigenvalue weighted by atomic mass is 9.92. The summed E-state index contributed by atoms with van der Waals surface area (Å²) in [6, 6.07) is 0. The number of hydrogen-bond donors (Lipinski definition) is 4. The van der Waals surface area contributed by atoms with E-state index in [1.165, 1.54) is 0 Å². The fraction of sp³-hybridized carbons (Fsp3) is 0.917. The highest BCUT2D eigenvalue weighted by Gasteiger charge is 2.44. The highest BCUT2D eigenvalue weighted by Crippen LogP contribution is 2.48. The number of aliphatic hydroxyl groups is 1. The van der Waals surface area contributed by atoms with Crippen LogP contribution in [0.1, 0.15) is 46.0 Å². The molecule has 17 heavy (non-hydrogen) atoms. The average Bonchev–Trinajstić information content (AvgIpc) is 3.12. The number of nitrogens with one attached hydrogen (secondary N) is 1. The van der Waals surface area contributed by atoms with E-state index in [4.69, 9.17) is 10.9 Å². The molecule has 0 spiro atoms. The van der Waals surface area contributed by atoms with Crippen molar-refractivity contribution in [2.45, 2.75) is 51.5 Å². The first-order chi connectivity index (χ1) is 8.05. The second-order valence-corrected chi connectivity index (χ2v) is 5.27. The van der Waals surface area contributed by atoms with Crippen molar-refractivity contribution in [3.8, 4) is 0 Å². The molecule has 0 radical (unpaired) electrons. The van der Waals surface area contributed by atoms with Gasteiger partial charge in [-0.1, -0.05) is 19.0 Å². The molecular formula is C12H25N3O2. The van der Waals surface area contributed by atoms with E-state index in [1.54, 1.807) is 0 Å². The van der Waals surface area contributed by atoms with Crippen molar-refractivity contribution < 1.29 is 10.3 Å². The van der Waals surface area contributed by atoms with Crippen LogP contribution in [-0.4, -0.2) is 34.8 Å². The van der Waals surface area contributed by atoms with E-state index in [0.29, 0.717) is 12.3 Å². The molecule has 0 amide bonds. The topological polar surface area (TPSA) is 90.9 Å². The number of oxime groups is 1. The predicted molar refractivity (Wildman–Crippen MR) is 68.1 cm³/mol. The van der Waals surface area contributed by atoms with E-state index in [2.05, 4.69) is 24.3 Å². The van der Waals surface area contributed by atoms with Crippen LogP contribution >= 0.6 is 0 Å². The van der Waals surface area contributed by atoms with Crippen LogP contribution < -0.4 is 11.1 Å². The van der Waals surface area contributed by atoms with Gasteiger partial charge in [-0.2, -0.15) is 0 Å². The molecule has 0 aliphatic heterocycles. The Balaban J connectivity index is 2.49.